The third-order valence-corrected chi connectivity index (χ3v) is 3.63. The highest BCUT2D eigenvalue weighted by molar-refractivity contribution is 6.04. The molecule has 7 nitrogen and oxygen atoms in total. The summed E-state index contributed by atoms with van der Waals surface area (Å²) >= 11 is 0. The molecule has 1 aliphatic heterocycles. The zero-order chi connectivity index (χ0) is 17.1. The van der Waals surface area contributed by atoms with Gasteiger partial charge in [-0.05, 0) is 36.4 Å². The summed E-state index contributed by atoms with van der Waals surface area (Å²) < 4.78 is 5.31. The Morgan fingerprint density at radius 2 is 2.04 bits per heavy atom. The van der Waals surface area contributed by atoms with Crippen LogP contribution in [-0.2, 0) is 9.59 Å². The highest BCUT2D eigenvalue weighted by Crippen LogP contribution is 2.28. The second-order valence-corrected chi connectivity index (χ2v) is 5.58. The van der Waals surface area contributed by atoms with Crippen LogP contribution in [-0.4, -0.2) is 44.0 Å². The number of ether oxygens (including phenoxy) is 1. The molecule has 0 atom stereocenters. The number of nitrogens with zero attached hydrogens (tertiary/aromatic N) is 3. The molecule has 7 heteroatoms. The lowest BCUT2D eigenvalue weighted by Crippen LogP contribution is -2.43. The Hall–Kier alpha value is -3.09. The molecule has 1 aromatic carbocycles. The van der Waals surface area contributed by atoms with Crippen LogP contribution in [0, 0.1) is 0 Å². The largest absolute Gasteiger partial charge is 0.480 e. The minimum Gasteiger partial charge on any atom is -0.480 e. The standard InChI is InChI=1S/C17H18N4O3/c1-20(2)13-7-5-12(6-8-13)19-15(22)10-21-16(23)11-24-14-4-3-9-18-17(14)21/h3-9H,10-11H2,1-2H3,(H,19,22). The van der Waals surface area contributed by atoms with E-state index in [-0.39, 0.29) is 25.0 Å². The van der Waals surface area contributed by atoms with Gasteiger partial charge in [-0.25, -0.2) is 4.98 Å². The van der Waals surface area contributed by atoms with Crippen LogP contribution in [0.2, 0.25) is 0 Å². The minimum absolute atomic E-state index is 0.0937. The van der Waals surface area contributed by atoms with Crippen molar-refractivity contribution in [3.63, 3.8) is 0 Å². The summed E-state index contributed by atoms with van der Waals surface area (Å²) in [6.07, 6.45) is 1.56. The number of carbonyl (C=O) groups excluding carboxylic acids is 2. The molecule has 3 rings (SSSR count). The van der Waals surface area contributed by atoms with Crippen LogP contribution in [0.25, 0.3) is 0 Å². The smallest absolute Gasteiger partial charge is 0.266 e. The first kappa shape index (κ1) is 15.8. The van der Waals surface area contributed by atoms with Crippen molar-refractivity contribution in [3.8, 4) is 5.75 Å². The Morgan fingerprint density at radius 3 is 2.75 bits per heavy atom. The van der Waals surface area contributed by atoms with Gasteiger partial charge >= 0.3 is 0 Å². The van der Waals surface area contributed by atoms with E-state index in [1.54, 1.807) is 18.3 Å². The van der Waals surface area contributed by atoms with Crippen LogP contribution in [0.1, 0.15) is 0 Å². The molecular formula is C17H18N4O3. The summed E-state index contributed by atoms with van der Waals surface area (Å²) in [5.74, 6) is 0.283. The molecule has 24 heavy (non-hydrogen) atoms. The third-order valence-electron chi connectivity index (χ3n) is 3.63. The maximum absolute atomic E-state index is 12.3. The summed E-state index contributed by atoms with van der Waals surface area (Å²) in [7, 11) is 3.89. The molecule has 1 aliphatic rings. The average Bonchev–Trinajstić information content (AvgIpc) is 2.58. The van der Waals surface area contributed by atoms with Gasteiger partial charge in [-0.1, -0.05) is 0 Å². The lowest BCUT2D eigenvalue weighted by atomic mass is 10.2. The van der Waals surface area contributed by atoms with E-state index in [1.807, 2.05) is 43.3 Å². The summed E-state index contributed by atoms with van der Waals surface area (Å²) in [6.45, 7) is -0.203. The molecule has 1 N–H and O–H groups in total. The Morgan fingerprint density at radius 1 is 1.29 bits per heavy atom. The lowest BCUT2D eigenvalue weighted by Gasteiger charge is -2.27. The van der Waals surface area contributed by atoms with Gasteiger partial charge in [-0.2, -0.15) is 0 Å². The lowest BCUT2D eigenvalue weighted by molar-refractivity contribution is -0.123. The van der Waals surface area contributed by atoms with Gasteiger partial charge in [-0.3, -0.25) is 14.5 Å². The fourth-order valence-corrected chi connectivity index (χ4v) is 2.38. The van der Waals surface area contributed by atoms with Gasteiger partial charge in [-0.15, -0.1) is 0 Å². The van der Waals surface area contributed by atoms with Crippen LogP contribution in [0.4, 0.5) is 17.2 Å². The maximum Gasteiger partial charge on any atom is 0.266 e. The van der Waals surface area contributed by atoms with Crippen molar-refractivity contribution in [1.82, 2.24) is 4.98 Å². The SMILES string of the molecule is CN(C)c1ccc(NC(=O)CN2C(=O)COc3cccnc32)cc1. The molecule has 2 heterocycles. The minimum atomic E-state index is -0.292. The van der Waals surface area contributed by atoms with Crippen LogP contribution in [0.5, 0.6) is 5.75 Å². The molecular weight excluding hydrogens is 308 g/mol. The molecule has 0 bridgehead atoms. The molecule has 1 aromatic heterocycles. The third kappa shape index (κ3) is 3.29. The number of pyridine rings is 1. The number of benzene rings is 1. The number of carbonyl (C=O) groups is 2. The number of hydrogen-bond donors (Lipinski definition) is 1. The zero-order valence-electron chi connectivity index (χ0n) is 13.5. The highest BCUT2D eigenvalue weighted by Gasteiger charge is 2.28. The van der Waals surface area contributed by atoms with Crippen molar-refractivity contribution in [1.29, 1.82) is 0 Å². The summed E-state index contributed by atoms with van der Waals surface area (Å²) in [5, 5.41) is 2.79. The van der Waals surface area contributed by atoms with Gasteiger partial charge in [0.15, 0.2) is 18.2 Å². The molecule has 124 valence electrons. The van der Waals surface area contributed by atoms with Crippen LogP contribution < -0.4 is 19.9 Å². The summed E-state index contributed by atoms with van der Waals surface area (Å²) in [4.78, 5) is 31.8. The van der Waals surface area contributed by atoms with Gasteiger partial charge in [0.05, 0.1) is 0 Å². The van der Waals surface area contributed by atoms with Crippen molar-refractivity contribution in [2.45, 2.75) is 0 Å². The van der Waals surface area contributed by atoms with Crippen molar-refractivity contribution >= 4 is 29.0 Å². The second kappa shape index (κ2) is 6.57. The molecule has 0 radical (unpaired) electrons. The molecule has 0 fully saturated rings. The van der Waals surface area contributed by atoms with Crippen molar-refractivity contribution in [2.24, 2.45) is 0 Å². The molecule has 0 aliphatic carbocycles. The van der Waals surface area contributed by atoms with Crippen LogP contribution in [0.3, 0.4) is 0 Å². The predicted molar refractivity (Wildman–Crippen MR) is 91.5 cm³/mol. The number of amides is 2. The Kier molecular flexibility index (Phi) is 4.33. The number of fused-ring (bicyclic) bond motifs is 1. The van der Waals surface area contributed by atoms with Crippen LogP contribution >= 0.6 is 0 Å². The zero-order valence-corrected chi connectivity index (χ0v) is 13.5. The van der Waals surface area contributed by atoms with Gasteiger partial charge in [0.25, 0.3) is 5.91 Å². The Bertz CT molecular complexity index is 759. The highest BCUT2D eigenvalue weighted by atomic mass is 16.5. The Labute approximate surface area is 139 Å². The van der Waals surface area contributed by atoms with E-state index in [0.717, 1.165) is 5.69 Å². The first-order valence-corrected chi connectivity index (χ1v) is 7.50. The number of nitrogens with one attached hydrogen (secondary N) is 1. The van der Waals surface area contributed by atoms with E-state index >= 15 is 0 Å². The average molecular weight is 326 g/mol. The van der Waals surface area contributed by atoms with E-state index in [9.17, 15) is 9.59 Å². The summed E-state index contributed by atoms with van der Waals surface area (Å²) in [5.41, 5.74) is 1.71. The van der Waals surface area contributed by atoms with Crippen molar-refractivity contribution in [2.75, 3.05) is 42.4 Å². The quantitative estimate of drug-likeness (QED) is 0.922. The fraction of sp³-hybridized carbons (Fsp3) is 0.235. The van der Waals surface area contributed by atoms with Gasteiger partial charge < -0.3 is 15.0 Å². The molecule has 0 saturated carbocycles. The maximum atomic E-state index is 12.3. The number of hydrogen-bond acceptors (Lipinski definition) is 5. The molecule has 2 amide bonds. The number of anilines is 3. The van der Waals surface area contributed by atoms with Gasteiger partial charge in [0.1, 0.15) is 6.54 Å². The van der Waals surface area contributed by atoms with E-state index in [2.05, 4.69) is 10.3 Å². The topological polar surface area (TPSA) is 74.8 Å². The molecule has 0 saturated heterocycles. The monoisotopic (exact) mass is 326 g/mol. The molecule has 0 spiro atoms. The normalized spacial score (nSPS) is 13.1. The van der Waals surface area contributed by atoms with Crippen molar-refractivity contribution < 1.29 is 14.3 Å². The van der Waals surface area contributed by atoms with E-state index in [4.69, 9.17) is 4.74 Å². The Balaban J connectivity index is 1.69. The molecule has 0 unspecified atom stereocenters. The second-order valence-electron chi connectivity index (χ2n) is 5.58. The first-order chi connectivity index (χ1) is 11.5. The summed E-state index contributed by atoms with van der Waals surface area (Å²) in [6, 6.07) is 10.9. The molecule has 2 aromatic rings. The van der Waals surface area contributed by atoms with Crippen LogP contribution in [0.15, 0.2) is 42.6 Å². The number of aromatic nitrogens is 1. The fourth-order valence-electron chi connectivity index (χ4n) is 2.38. The van der Waals surface area contributed by atoms with Gasteiger partial charge in [0.2, 0.25) is 5.91 Å². The van der Waals surface area contributed by atoms with E-state index in [1.165, 1.54) is 4.90 Å². The number of rotatable bonds is 4. The predicted octanol–water partition coefficient (Wildman–Crippen LogP) is 1.51. The van der Waals surface area contributed by atoms with E-state index in [0.29, 0.717) is 17.3 Å². The van der Waals surface area contributed by atoms with E-state index < -0.39 is 0 Å². The van der Waals surface area contributed by atoms with Crippen molar-refractivity contribution in [3.05, 3.63) is 42.6 Å². The first-order valence-electron chi connectivity index (χ1n) is 7.50. The van der Waals surface area contributed by atoms with Gasteiger partial charge in [0, 0.05) is 31.7 Å².